The lowest BCUT2D eigenvalue weighted by Gasteiger charge is -2.11. The van der Waals surface area contributed by atoms with Gasteiger partial charge in [0.2, 0.25) is 0 Å². The zero-order chi connectivity index (χ0) is 22.4. The quantitative estimate of drug-likeness (QED) is 0.512. The summed E-state index contributed by atoms with van der Waals surface area (Å²) in [5, 5.41) is 18.2. The van der Waals surface area contributed by atoms with Gasteiger partial charge in [0.05, 0.1) is 23.9 Å². The van der Waals surface area contributed by atoms with Crippen molar-refractivity contribution >= 4 is 23.8 Å². The van der Waals surface area contributed by atoms with Crippen LogP contribution in [0.1, 0.15) is 37.4 Å². The Kier molecular flexibility index (Phi) is 6.67. The number of hydrogen-bond donors (Lipinski definition) is 2. The zero-order valence-electron chi connectivity index (χ0n) is 17.0. The fraction of sp³-hybridized carbons (Fsp3) is 0.125. The Hall–Kier alpha value is -4.13. The average molecular weight is 419 g/mol. The lowest BCUT2D eigenvalue weighted by atomic mass is 10.1. The Morgan fingerprint density at radius 1 is 0.935 bits per heavy atom. The first-order valence-corrected chi connectivity index (χ1v) is 9.38. The summed E-state index contributed by atoms with van der Waals surface area (Å²) in [6.07, 6.45) is 1.62. The molecule has 0 heterocycles. The van der Waals surface area contributed by atoms with E-state index in [1.54, 1.807) is 48.7 Å². The number of carbonyl (C=O) groups is 2. The number of rotatable bonds is 8. The topological polar surface area (TPSA) is 105 Å². The van der Waals surface area contributed by atoms with E-state index >= 15 is 0 Å². The molecule has 0 atom stereocenters. The Bertz CT molecular complexity index is 1150. The molecule has 0 aliphatic rings. The number of aliphatic imine (C=N–C) groups is 1. The maximum atomic E-state index is 11.2. The van der Waals surface area contributed by atoms with Crippen molar-refractivity contribution in [1.82, 2.24) is 0 Å². The van der Waals surface area contributed by atoms with Gasteiger partial charge in [-0.3, -0.25) is 4.99 Å². The third-order valence-corrected chi connectivity index (χ3v) is 4.56. The molecule has 0 unspecified atom stereocenters. The van der Waals surface area contributed by atoms with Crippen LogP contribution in [0.3, 0.4) is 0 Å². The molecule has 3 aromatic rings. The number of aromatic carboxylic acids is 2. The molecule has 0 saturated carbocycles. The second kappa shape index (κ2) is 9.58. The van der Waals surface area contributed by atoms with E-state index in [9.17, 15) is 9.59 Å². The SMILES string of the molecule is COc1cc(C=Nc2cc(C(=O)O)ccc2C)ccc1OCc1cccc(C(=O)O)c1. The molecule has 0 radical (unpaired) electrons. The summed E-state index contributed by atoms with van der Waals surface area (Å²) in [6, 6.07) is 16.6. The van der Waals surface area contributed by atoms with Crippen molar-refractivity contribution in [2.24, 2.45) is 4.99 Å². The maximum Gasteiger partial charge on any atom is 0.335 e. The van der Waals surface area contributed by atoms with E-state index < -0.39 is 11.9 Å². The van der Waals surface area contributed by atoms with Crippen molar-refractivity contribution in [3.05, 3.63) is 88.5 Å². The molecule has 31 heavy (non-hydrogen) atoms. The minimum Gasteiger partial charge on any atom is -0.493 e. The van der Waals surface area contributed by atoms with Crippen LogP contribution in [0, 0.1) is 6.92 Å². The highest BCUT2D eigenvalue weighted by Crippen LogP contribution is 2.29. The van der Waals surface area contributed by atoms with Crippen LogP contribution in [-0.2, 0) is 6.61 Å². The Morgan fingerprint density at radius 3 is 2.39 bits per heavy atom. The first-order valence-electron chi connectivity index (χ1n) is 9.38. The maximum absolute atomic E-state index is 11.2. The van der Waals surface area contributed by atoms with Crippen LogP contribution in [0.5, 0.6) is 11.5 Å². The molecule has 0 saturated heterocycles. The predicted octanol–water partition coefficient (Wildman–Crippen LogP) is 4.73. The number of ether oxygens (including phenoxy) is 2. The summed E-state index contributed by atoms with van der Waals surface area (Å²) in [6.45, 7) is 2.04. The number of nitrogens with zero attached hydrogens (tertiary/aromatic N) is 1. The molecule has 3 rings (SSSR count). The summed E-state index contributed by atoms with van der Waals surface area (Å²) >= 11 is 0. The molecule has 0 aromatic heterocycles. The smallest absolute Gasteiger partial charge is 0.335 e. The van der Waals surface area contributed by atoms with E-state index in [0.717, 1.165) is 16.7 Å². The molecule has 3 aromatic carbocycles. The molecule has 0 aliphatic carbocycles. The van der Waals surface area contributed by atoms with Crippen molar-refractivity contribution in [1.29, 1.82) is 0 Å². The van der Waals surface area contributed by atoms with Gasteiger partial charge < -0.3 is 19.7 Å². The van der Waals surface area contributed by atoms with Crippen molar-refractivity contribution in [2.75, 3.05) is 7.11 Å². The second-order valence-corrected chi connectivity index (χ2v) is 6.77. The highest BCUT2D eigenvalue weighted by Gasteiger charge is 2.09. The van der Waals surface area contributed by atoms with Gasteiger partial charge in [-0.25, -0.2) is 9.59 Å². The van der Waals surface area contributed by atoms with Gasteiger partial charge in [-0.15, -0.1) is 0 Å². The molecule has 0 bridgehead atoms. The molecule has 158 valence electrons. The fourth-order valence-electron chi connectivity index (χ4n) is 2.86. The molecular formula is C24H21NO6. The monoisotopic (exact) mass is 419 g/mol. The van der Waals surface area contributed by atoms with Crippen molar-refractivity contribution in [3.8, 4) is 11.5 Å². The molecule has 7 nitrogen and oxygen atoms in total. The van der Waals surface area contributed by atoms with Gasteiger partial charge in [-0.05, 0) is 66.1 Å². The average Bonchev–Trinajstić information content (AvgIpc) is 2.77. The largest absolute Gasteiger partial charge is 0.493 e. The van der Waals surface area contributed by atoms with Crippen LogP contribution in [0.15, 0.2) is 65.7 Å². The highest BCUT2D eigenvalue weighted by molar-refractivity contribution is 5.90. The van der Waals surface area contributed by atoms with Crippen molar-refractivity contribution in [2.45, 2.75) is 13.5 Å². The van der Waals surface area contributed by atoms with E-state index in [4.69, 9.17) is 19.7 Å². The van der Waals surface area contributed by atoms with Crippen LogP contribution < -0.4 is 9.47 Å². The van der Waals surface area contributed by atoms with E-state index in [2.05, 4.69) is 4.99 Å². The lowest BCUT2D eigenvalue weighted by molar-refractivity contribution is 0.0686. The van der Waals surface area contributed by atoms with Gasteiger partial charge in [0, 0.05) is 6.21 Å². The third kappa shape index (κ3) is 5.48. The Labute approximate surface area is 179 Å². The number of aryl methyl sites for hydroxylation is 1. The zero-order valence-corrected chi connectivity index (χ0v) is 17.0. The second-order valence-electron chi connectivity index (χ2n) is 6.77. The number of carboxylic acids is 2. The predicted molar refractivity (Wildman–Crippen MR) is 116 cm³/mol. The Balaban J connectivity index is 1.76. The summed E-state index contributed by atoms with van der Waals surface area (Å²) in [5.41, 5.74) is 3.26. The van der Waals surface area contributed by atoms with Crippen LogP contribution in [-0.4, -0.2) is 35.5 Å². The van der Waals surface area contributed by atoms with Crippen molar-refractivity contribution in [3.63, 3.8) is 0 Å². The number of carboxylic acid groups (broad SMARTS) is 2. The summed E-state index contributed by atoms with van der Waals surface area (Å²) in [5.74, 6) is -1.00. The molecule has 0 spiro atoms. The lowest BCUT2D eigenvalue weighted by Crippen LogP contribution is -2.01. The van der Waals surface area contributed by atoms with Crippen LogP contribution in [0.4, 0.5) is 5.69 Å². The summed E-state index contributed by atoms with van der Waals surface area (Å²) < 4.78 is 11.2. The fourth-order valence-corrected chi connectivity index (χ4v) is 2.86. The summed E-state index contributed by atoms with van der Waals surface area (Å²) in [7, 11) is 1.52. The van der Waals surface area contributed by atoms with E-state index in [1.165, 1.54) is 25.3 Å². The van der Waals surface area contributed by atoms with Gasteiger partial charge in [0.15, 0.2) is 11.5 Å². The first-order chi connectivity index (χ1) is 14.9. The molecule has 0 aliphatic heterocycles. The van der Waals surface area contributed by atoms with Crippen molar-refractivity contribution < 1.29 is 29.3 Å². The molecule has 0 amide bonds. The molecule has 2 N–H and O–H groups in total. The first kappa shape index (κ1) is 21.6. The van der Waals surface area contributed by atoms with E-state index in [1.807, 2.05) is 6.92 Å². The number of methoxy groups -OCH3 is 1. The van der Waals surface area contributed by atoms with Crippen LogP contribution in [0.25, 0.3) is 0 Å². The third-order valence-electron chi connectivity index (χ3n) is 4.56. The van der Waals surface area contributed by atoms with Gasteiger partial charge in [0.25, 0.3) is 0 Å². The van der Waals surface area contributed by atoms with Gasteiger partial charge >= 0.3 is 11.9 Å². The van der Waals surface area contributed by atoms with Gasteiger partial charge in [-0.2, -0.15) is 0 Å². The molecule has 0 fully saturated rings. The Morgan fingerprint density at radius 2 is 1.68 bits per heavy atom. The normalized spacial score (nSPS) is 10.8. The van der Waals surface area contributed by atoms with Gasteiger partial charge in [0.1, 0.15) is 6.61 Å². The van der Waals surface area contributed by atoms with E-state index in [0.29, 0.717) is 17.2 Å². The minimum atomic E-state index is -1.01. The highest BCUT2D eigenvalue weighted by atomic mass is 16.5. The molecular weight excluding hydrogens is 398 g/mol. The minimum absolute atomic E-state index is 0.172. The standard InChI is InChI=1S/C24H21NO6/c1-15-6-8-19(24(28)29)12-20(15)25-13-16-7-9-21(22(11-16)30-2)31-14-17-4-3-5-18(10-17)23(26)27/h3-13H,14H2,1-2H3,(H,26,27)(H,28,29). The van der Waals surface area contributed by atoms with Crippen LogP contribution >= 0.6 is 0 Å². The van der Waals surface area contributed by atoms with Gasteiger partial charge in [-0.1, -0.05) is 18.2 Å². The molecule has 7 heteroatoms. The summed E-state index contributed by atoms with van der Waals surface area (Å²) in [4.78, 5) is 26.7. The number of benzene rings is 3. The van der Waals surface area contributed by atoms with Crippen LogP contribution in [0.2, 0.25) is 0 Å². The number of hydrogen-bond acceptors (Lipinski definition) is 5. The van der Waals surface area contributed by atoms with E-state index in [-0.39, 0.29) is 17.7 Å².